The van der Waals surface area contributed by atoms with Crippen LogP contribution < -0.4 is 0 Å². The van der Waals surface area contributed by atoms with Crippen LogP contribution in [0.2, 0.25) is 0 Å². The number of rotatable bonds is 17. The zero-order valence-electron chi connectivity index (χ0n) is 15.4. The fourth-order valence-corrected chi connectivity index (χ4v) is 3.13. The lowest BCUT2D eigenvalue weighted by Crippen LogP contribution is -2.17. The Morgan fingerprint density at radius 2 is 1.64 bits per heavy atom. The van der Waals surface area contributed by atoms with Crippen molar-refractivity contribution in [2.24, 2.45) is 0 Å². The Bertz CT molecular complexity index is 458. The van der Waals surface area contributed by atoms with Crippen molar-refractivity contribution >= 4 is 16.4 Å². The number of carboxylic acid groups (broad SMARTS) is 1. The van der Waals surface area contributed by atoms with Crippen molar-refractivity contribution in [1.29, 1.82) is 0 Å². The molecule has 0 aliphatic rings. The molecule has 0 heterocycles. The minimum atomic E-state index is -4.47. The quantitative estimate of drug-likeness (QED) is 0.212. The molecule has 1 unspecified atom stereocenters. The van der Waals surface area contributed by atoms with Crippen molar-refractivity contribution in [2.45, 2.75) is 96.5 Å². The lowest BCUT2D eigenvalue weighted by Gasteiger charge is -2.13. The Hall–Kier alpha value is -0.920. The number of hydrogen-bond donors (Lipinski definition) is 2. The smallest absolute Gasteiger partial charge is 0.397 e. The average molecular weight is 379 g/mol. The number of hydrogen-bond acceptors (Lipinski definition) is 4. The summed E-state index contributed by atoms with van der Waals surface area (Å²) in [6.07, 6.45) is 14.6. The van der Waals surface area contributed by atoms with E-state index in [0.29, 0.717) is 32.1 Å². The standard InChI is InChI=1S/C18H34O6S/c1-2-3-4-5-6-7-8-9-11-14-17(24-25(21,22)23)15-12-10-13-16-18(19)20/h9,11,17H,2-8,10,12-16H2,1H3,(H,19,20)(H,21,22,23). The average Bonchev–Trinajstić information content (AvgIpc) is 2.51. The molecule has 0 saturated heterocycles. The maximum absolute atomic E-state index is 10.9. The van der Waals surface area contributed by atoms with Gasteiger partial charge in [0, 0.05) is 6.42 Å². The SMILES string of the molecule is CCCCCCCCC=CCC(CCCCCC(=O)O)OS(=O)(=O)O. The summed E-state index contributed by atoms with van der Waals surface area (Å²) in [4.78, 5) is 10.4. The van der Waals surface area contributed by atoms with E-state index in [9.17, 15) is 13.2 Å². The highest BCUT2D eigenvalue weighted by Gasteiger charge is 2.15. The first-order valence-electron chi connectivity index (χ1n) is 9.37. The molecular weight excluding hydrogens is 344 g/mol. The van der Waals surface area contributed by atoms with Gasteiger partial charge in [0.1, 0.15) is 0 Å². The minimum Gasteiger partial charge on any atom is -0.481 e. The van der Waals surface area contributed by atoms with Crippen LogP contribution in [0.15, 0.2) is 12.2 Å². The first-order chi connectivity index (χ1) is 11.8. The molecule has 148 valence electrons. The zero-order chi connectivity index (χ0) is 19.0. The van der Waals surface area contributed by atoms with Gasteiger partial charge in [0.05, 0.1) is 6.10 Å². The van der Waals surface area contributed by atoms with Gasteiger partial charge in [-0.05, 0) is 32.1 Å². The highest BCUT2D eigenvalue weighted by atomic mass is 32.3. The van der Waals surface area contributed by atoms with Gasteiger partial charge in [0.25, 0.3) is 0 Å². The van der Waals surface area contributed by atoms with Gasteiger partial charge in [-0.2, -0.15) is 8.42 Å². The second-order valence-electron chi connectivity index (χ2n) is 6.40. The van der Waals surface area contributed by atoms with Gasteiger partial charge in [-0.15, -0.1) is 0 Å². The van der Waals surface area contributed by atoms with Crippen molar-refractivity contribution in [3.8, 4) is 0 Å². The number of aliphatic carboxylic acids is 1. The zero-order valence-corrected chi connectivity index (χ0v) is 16.2. The molecule has 6 nitrogen and oxygen atoms in total. The van der Waals surface area contributed by atoms with Gasteiger partial charge in [0.2, 0.25) is 0 Å². The molecule has 2 N–H and O–H groups in total. The highest BCUT2D eigenvalue weighted by Crippen LogP contribution is 2.15. The summed E-state index contributed by atoms with van der Waals surface area (Å²) in [5, 5.41) is 8.58. The summed E-state index contributed by atoms with van der Waals surface area (Å²) < 4.78 is 35.4. The highest BCUT2D eigenvalue weighted by molar-refractivity contribution is 7.80. The lowest BCUT2D eigenvalue weighted by molar-refractivity contribution is -0.137. The van der Waals surface area contributed by atoms with Crippen molar-refractivity contribution in [1.82, 2.24) is 0 Å². The van der Waals surface area contributed by atoms with E-state index in [1.54, 1.807) is 0 Å². The largest absolute Gasteiger partial charge is 0.481 e. The minimum absolute atomic E-state index is 0.113. The Morgan fingerprint density at radius 1 is 1.00 bits per heavy atom. The Balaban J connectivity index is 3.97. The van der Waals surface area contributed by atoms with Crippen LogP contribution in [0.5, 0.6) is 0 Å². The molecule has 0 aromatic rings. The van der Waals surface area contributed by atoms with Crippen LogP contribution in [0.1, 0.15) is 90.4 Å². The third-order valence-electron chi connectivity index (χ3n) is 3.96. The second-order valence-corrected chi connectivity index (χ2v) is 7.45. The molecule has 0 amide bonds. The van der Waals surface area contributed by atoms with E-state index in [1.807, 2.05) is 12.2 Å². The molecule has 7 heteroatoms. The van der Waals surface area contributed by atoms with Crippen LogP contribution in [-0.2, 0) is 19.4 Å². The predicted molar refractivity (Wildman–Crippen MR) is 98.9 cm³/mol. The molecule has 0 aliphatic heterocycles. The Kier molecular flexibility index (Phi) is 14.8. The number of unbranched alkanes of at least 4 members (excludes halogenated alkanes) is 8. The molecule has 0 fully saturated rings. The van der Waals surface area contributed by atoms with Crippen LogP contribution in [0, 0.1) is 0 Å². The topological polar surface area (TPSA) is 101 Å². The summed E-state index contributed by atoms with van der Waals surface area (Å²) in [7, 11) is -4.47. The third-order valence-corrected chi connectivity index (χ3v) is 4.48. The molecule has 0 aromatic carbocycles. The number of carbonyl (C=O) groups is 1. The van der Waals surface area contributed by atoms with Gasteiger partial charge in [-0.25, -0.2) is 4.18 Å². The summed E-state index contributed by atoms with van der Waals surface area (Å²) in [6.45, 7) is 2.19. The molecule has 0 spiro atoms. The molecule has 0 radical (unpaired) electrons. The maximum Gasteiger partial charge on any atom is 0.397 e. The van der Waals surface area contributed by atoms with Crippen LogP contribution in [0.3, 0.4) is 0 Å². The van der Waals surface area contributed by atoms with E-state index in [-0.39, 0.29) is 6.42 Å². The monoisotopic (exact) mass is 378 g/mol. The predicted octanol–water partition coefficient (Wildman–Crippen LogP) is 4.91. The molecule has 0 rings (SSSR count). The fourth-order valence-electron chi connectivity index (χ4n) is 2.61. The normalized spacial score (nSPS) is 13.4. The fraction of sp³-hybridized carbons (Fsp3) is 0.833. The molecule has 1 atom stereocenters. The van der Waals surface area contributed by atoms with E-state index in [2.05, 4.69) is 6.92 Å². The third kappa shape index (κ3) is 19.3. The molecule has 0 saturated carbocycles. The first-order valence-corrected chi connectivity index (χ1v) is 10.7. The molecule has 0 aliphatic carbocycles. The molecule has 0 aromatic heterocycles. The van der Waals surface area contributed by atoms with E-state index in [4.69, 9.17) is 13.8 Å². The van der Waals surface area contributed by atoms with Gasteiger partial charge >= 0.3 is 16.4 Å². The van der Waals surface area contributed by atoms with Gasteiger partial charge in [-0.1, -0.05) is 64.0 Å². The van der Waals surface area contributed by atoms with Gasteiger partial charge in [0.15, 0.2) is 0 Å². The maximum atomic E-state index is 10.9. The first kappa shape index (κ1) is 24.1. The van der Waals surface area contributed by atoms with Crippen LogP contribution in [-0.4, -0.2) is 30.2 Å². The summed E-state index contributed by atoms with van der Waals surface area (Å²) in [5.74, 6) is -0.830. The summed E-state index contributed by atoms with van der Waals surface area (Å²) >= 11 is 0. The van der Waals surface area contributed by atoms with Gasteiger partial charge in [-0.3, -0.25) is 9.35 Å². The van der Waals surface area contributed by atoms with E-state index in [1.165, 1.54) is 32.1 Å². The van der Waals surface area contributed by atoms with Crippen LogP contribution in [0.25, 0.3) is 0 Å². The summed E-state index contributed by atoms with van der Waals surface area (Å²) in [6, 6.07) is 0. The molecule has 25 heavy (non-hydrogen) atoms. The Morgan fingerprint density at radius 3 is 2.28 bits per heavy atom. The lowest BCUT2D eigenvalue weighted by atomic mass is 10.1. The molecule has 0 bridgehead atoms. The van der Waals surface area contributed by atoms with E-state index < -0.39 is 22.5 Å². The number of carboxylic acids is 1. The Labute approximate surface area is 152 Å². The van der Waals surface area contributed by atoms with Crippen molar-refractivity contribution in [2.75, 3.05) is 0 Å². The summed E-state index contributed by atoms with van der Waals surface area (Å²) in [5.41, 5.74) is 0. The second kappa shape index (κ2) is 15.3. The van der Waals surface area contributed by atoms with E-state index >= 15 is 0 Å². The molecular formula is C18H34O6S. The van der Waals surface area contributed by atoms with Crippen molar-refractivity contribution < 1.29 is 27.1 Å². The van der Waals surface area contributed by atoms with Crippen LogP contribution >= 0.6 is 0 Å². The van der Waals surface area contributed by atoms with E-state index in [0.717, 1.165) is 12.8 Å². The van der Waals surface area contributed by atoms with Crippen molar-refractivity contribution in [3.05, 3.63) is 12.2 Å². The van der Waals surface area contributed by atoms with Crippen molar-refractivity contribution in [3.63, 3.8) is 0 Å². The van der Waals surface area contributed by atoms with Gasteiger partial charge < -0.3 is 5.11 Å². The van der Waals surface area contributed by atoms with Crippen LogP contribution in [0.4, 0.5) is 0 Å². The number of allylic oxidation sites excluding steroid dienone is 1.